The van der Waals surface area contributed by atoms with E-state index < -0.39 is 37.7 Å². The minimum absolute atomic E-state index is 0.0222. The van der Waals surface area contributed by atoms with Crippen molar-refractivity contribution >= 4 is 24.7 Å². The van der Waals surface area contributed by atoms with Gasteiger partial charge in [-0.05, 0) is 42.0 Å². The second kappa shape index (κ2) is 13.3. The highest BCUT2D eigenvalue weighted by Gasteiger charge is 2.28. The average Bonchev–Trinajstić information content (AvgIpc) is 3.60. The number of aromatic amines is 1. The van der Waals surface area contributed by atoms with Gasteiger partial charge >= 0.3 is 13.4 Å². The van der Waals surface area contributed by atoms with Crippen LogP contribution in [-0.2, 0) is 38.1 Å². The molecule has 0 aliphatic carbocycles. The van der Waals surface area contributed by atoms with E-state index in [2.05, 4.69) is 15.0 Å². The van der Waals surface area contributed by atoms with E-state index in [1.807, 2.05) is 0 Å². The number of hydrogen-bond donors (Lipinski definition) is 2. The van der Waals surface area contributed by atoms with Crippen LogP contribution in [0.4, 0.5) is 10.3 Å². The number of rotatable bonds is 14. The van der Waals surface area contributed by atoms with Crippen LogP contribution in [-0.4, -0.2) is 46.7 Å². The molecular formula is C27H27FN5O10P. The molecule has 0 fully saturated rings. The number of nitrogens with zero attached hydrogens (tertiary/aromatic N) is 3. The first-order chi connectivity index (χ1) is 21.2. The van der Waals surface area contributed by atoms with Crippen molar-refractivity contribution in [2.24, 2.45) is 0 Å². The van der Waals surface area contributed by atoms with E-state index >= 15 is 0 Å². The van der Waals surface area contributed by atoms with E-state index in [1.165, 1.54) is 43.3 Å². The molecule has 5 rings (SSSR count). The van der Waals surface area contributed by atoms with Gasteiger partial charge in [0, 0.05) is 12.1 Å². The van der Waals surface area contributed by atoms with E-state index in [1.54, 1.807) is 24.3 Å². The normalized spacial score (nSPS) is 12.8. The Morgan fingerprint density at radius 2 is 1.82 bits per heavy atom. The summed E-state index contributed by atoms with van der Waals surface area (Å²) in [7, 11) is -1.24. The first kappa shape index (κ1) is 30.7. The van der Waals surface area contributed by atoms with Crippen molar-refractivity contribution < 1.29 is 41.0 Å². The summed E-state index contributed by atoms with van der Waals surface area (Å²) in [6.45, 7) is -0.650. The second-order valence-corrected chi connectivity index (χ2v) is 11.2. The highest BCUT2D eigenvalue weighted by Crippen LogP contribution is 2.50. The number of halogens is 1. The highest BCUT2D eigenvalue weighted by atomic mass is 31.2. The number of hydrogen-bond acceptors (Lipinski definition) is 13. The van der Waals surface area contributed by atoms with Crippen LogP contribution in [0.15, 0.2) is 67.2 Å². The van der Waals surface area contributed by atoms with Crippen LogP contribution >= 0.6 is 7.60 Å². The third-order valence-corrected chi connectivity index (χ3v) is 7.80. The largest absolute Gasteiger partial charge is 0.519 e. The molecule has 17 heteroatoms. The molecule has 0 aliphatic heterocycles. The maximum Gasteiger partial charge on any atom is 0.519 e. The Labute approximate surface area is 247 Å². The SMILES string of the molecule is COc1ccc(-c2oc(=O)oc2COP(=O)(COCCn2cnc3c(=O)[nH]c(N)nc32)OCc2ccc(OC)c(F)c2)cc1. The van der Waals surface area contributed by atoms with Crippen LogP contribution in [0.3, 0.4) is 0 Å². The van der Waals surface area contributed by atoms with Crippen molar-refractivity contribution in [3.05, 3.63) is 86.9 Å². The number of fused-ring (bicyclic) bond motifs is 1. The van der Waals surface area contributed by atoms with Gasteiger partial charge < -0.3 is 37.9 Å². The molecule has 2 aromatic carbocycles. The number of H-pyrrole nitrogens is 1. The van der Waals surface area contributed by atoms with Crippen molar-refractivity contribution in [2.45, 2.75) is 19.8 Å². The Morgan fingerprint density at radius 1 is 1.05 bits per heavy atom. The lowest BCUT2D eigenvalue weighted by atomic mass is 10.1. The van der Waals surface area contributed by atoms with Crippen LogP contribution < -0.4 is 26.6 Å². The van der Waals surface area contributed by atoms with Gasteiger partial charge in [0.2, 0.25) is 5.95 Å². The summed E-state index contributed by atoms with van der Waals surface area (Å²) in [6, 6.07) is 10.7. The molecule has 232 valence electrons. The van der Waals surface area contributed by atoms with Crippen molar-refractivity contribution in [1.29, 1.82) is 0 Å². The molecular weight excluding hydrogens is 604 g/mol. The van der Waals surface area contributed by atoms with Gasteiger partial charge in [0.05, 0.1) is 33.8 Å². The summed E-state index contributed by atoms with van der Waals surface area (Å²) in [5.41, 5.74) is 6.31. The van der Waals surface area contributed by atoms with Crippen LogP contribution in [0.1, 0.15) is 11.3 Å². The smallest absolute Gasteiger partial charge is 0.497 e. The van der Waals surface area contributed by atoms with Gasteiger partial charge in [-0.3, -0.25) is 18.9 Å². The fourth-order valence-corrected chi connectivity index (χ4v) is 5.32. The lowest BCUT2D eigenvalue weighted by Crippen LogP contribution is -2.13. The first-order valence-electron chi connectivity index (χ1n) is 12.9. The third kappa shape index (κ3) is 7.06. The van der Waals surface area contributed by atoms with Gasteiger partial charge in [-0.1, -0.05) is 6.07 Å². The zero-order valence-electron chi connectivity index (χ0n) is 23.5. The number of benzene rings is 2. The summed E-state index contributed by atoms with van der Waals surface area (Å²) in [6.07, 6.45) is 0.858. The minimum Gasteiger partial charge on any atom is -0.497 e. The summed E-state index contributed by atoms with van der Waals surface area (Å²) in [5.74, 6) is -1.07. The highest BCUT2D eigenvalue weighted by molar-refractivity contribution is 7.53. The third-order valence-electron chi connectivity index (χ3n) is 6.25. The lowest BCUT2D eigenvalue weighted by molar-refractivity contribution is 0.114. The van der Waals surface area contributed by atoms with Crippen molar-refractivity contribution in [2.75, 3.05) is 32.9 Å². The summed E-state index contributed by atoms with van der Waals surface area (Å²) in [5, 5.41) is 0. The number of methoxy groups -OCH3 is 2. The molecule has 0 spiro atoms. The van der Waals surface area contributed by atoms with E-state index in [0.29, 0.717) is 16.9 Å². The quantitative estimate of drug-likeness (QED) is 0.133. The predicted octanol–water partition coefficient (Wildman–Crippen LogP) is 3.67. The molecule has 0 amide bonds. The number of aromatic nitrogens is 4. The molecule has 0 radical (unpaired) electrons. The number of imidazole rings is 1. The second-order valence-electron chi connectivity index (χ2n) is 9.16. The molecule has 44 heavy (non-hydrogen) atoms. The van der Waals surface area contributed by atoms with E-state index in [4.69, 9.17) is 37.8 Å². The summed E-state index contributed by atoms with van der Waals surface area (Å²) < 4.78 is 66.9. The maximum atomic E-state index is 14.2. The Kier molecular flexibility index (Phi) is 9.25. The van der Waals surface area contributed by atoms with Crippen molar-refractivity contribution in [1.82, 2.24) is 19.5 Å². The van der Waals surface area contributed by atoms with Crippen LogP contribution in [0.2, 0.25) is 0 Å². The zero-order valence-corrected chi connectivity index (χ0v) is 24.4. The van der Waals surface area contributed by atoms with Crippen LogP contribution in [0, 0.1) is 5.82 Å². The Morgan fingerprint density at radius 3 is 2.55 bits per heavy atom. The number of nitrogen functional groups attached to an aromatic ring is 1. The fourth-order valence-electron chi connectivity index (χ4n) is 4.08. The summed E-state index contributed by atoms with van der Waals surface area (Å²) >= 11 is 0. The Hall–Kier alpha value is -4.76. The standard InChI is InChI=1S/C27H27FN5O10P/c1-37-18-6-4-17(5-7-18)23-21(42-27(35)43-23)13-41-44(36,40-12-16-3-8-20(38-2)19(28)11-16)15-39-10-9-33-14-30-22-24(33)31-26(29)32-25(22)34/h3-8,11,14H,9-10,12-13,15H2,1-2H3,(H3,29,31,32,34). The van der Waals surface area contributed by atoms with Crippen LogP contribution in [0.25, 0.3) is 22.5 Å². The molecule has 0 saturated heterocycles. The maximum absolute atomic E-state index is 14.2. The van der Waals surface area contributed by atoms with Gasteiger partial charge in [0.25, 0.3) is 5.56 Å². The molecule has 3 N–H and O–H groups in total. The minimum atomic E-state index is -4.08. The topological polar surface area (TPSA) is 196 Å². The zero-order chi connectivity index (χ0) is 31.3. The molecule has 5 aromatic rings. The van der Waals surface area contributed by atoms with Crippen LogP contribution in [0.5, 0.6) is 11.5 Å². The summed E-state index contributed by atoms with van der Waals surface area (Å²) in [4.78, 5) is 34.5. The Bertz CT molecular complexity index is 1920. The molecule has 0 saturated carbocycles. The van der Waals surface area contributed by atoms with Gasteiger partial charge in [0.1, 0.15) is 18.7 Å². The molecule has 1 unspecified atom stereocenters. The van der Waals surface area contributed by atoms with E-state index in [9.17, 15) is 18.5 Å². The first-order valence-corrected chi connectivity index (χ1v) is 14.7. The molecule has 3 aromatic heterocycles. The molecule has 15 nitrogen and oxygen atoms in total. The van der Waals surface area contributed by atoms with Gasteiger partial charge in [-0.2, -0.15) is 4.98 Å². The number of anilines is 1. The number of ether oxygens (including phenoxy) is 3. The van der Waals surface area contributed by atoms with Gasteiger partial charge in [-0.15, -0.1) is 0 Å². The molecule has 3 heterocycles. The lowest BCUT2D eigenvalue weighted by Gasteiger charge is -2.19. The fraction of sp³-hybridized carbons (Fsp3) is 0.259. The van der Waals surface area contributed by atoms with Gasteiger partial charge in [-0.25, -0.2) is 14.2 Å². The average molecular weight is 632 g/mol. The number of nitrogens with two attached hydrogens (primary N) is 1. The van der Waals surface area contributed by atoms with E-state index in [0.717, 1.165) is 0 Å². The monoisotopic (exact) mass is 631 g/mol. The van der Waals surface area contributed by atoms with Crippen molar-refractivity contribution in [3.8, 4) is 22.8 Å². The molecule has 1 atom stereocenters. The predicted molar refractivity (Wildman–Crippen MR) is 153 cm³/mol. The van der Waals surface area contributed by atoms with E-state index in [-0.39, 0.29) is 54.1 Å². The Balaban J connectivity index is 1.30. The van der Waals surface area contributed by atoms with Gasteiger partial charge in [0.15, 0.2) is 34.3 Å². The molecule has 0 aliphatic rings. The van der Waals surface area contributed by atoms with Crippen molar-refractivity contribution in [3.63, 3.8) is 0 Å². The number of nitrogens with one attached hydrogen (secondary N) is 1. The molecule has 0 bridgehead atoms.